The number of rotatable bonds is 5. The first-order valence-corrected chi connectivity index (χ1v) is 7.68. The van der Waals surface area contributed by atoms with Gasteiger partial charge in [-0.1, -0.05) is 17.7 Å². The molecule has 2 N–H and O–H groups in total. The molecule has 1 atom stereocenters. The van der Waals surface area contributed by atoms with Crippen LogP contribution in [0, 0.1) is 12.7 Å². The van der Waals surface area contributed by atoms with Crippen LogP contribution in [0.5, 0.6) is 0 Å². The van der Waals surface area contributed by atoms with Crippen molar-refractivity contribution in [1.29, 1.82) is 0 Å². The molecule has 0 aliphatic heterocycles. The monoisotopic (exact) mass is 333 g/mol. The van der Waals surface area contributed by atoms with Crippen molar-refractivity contribution in [2.24, 2.45) is 0 Å². The summed E-state index contributed by atoms with van der Waals surface area (Å²) in [5, 5.41) is 13.3. The van der Waals surface area contributed by atoms with E-state index in [1.54, 1.807) is 12.3 Å². The summed E-state index contributed by atoms with van der Waals surface area (Å²) in [6.45, 7) is 2.88. The predicted octanol–water partition coefficient (Wildman–Crippen LogP) is 3.26. The molecular formula is C17H17ClFN3O. The van der Waals surface area contributed by atoms with Crippen molar-refractivity contribution in [3.05, 3.63) is 70.4 Å². The maximum atomic E-state index is 13.4. The molecule has 23 heavy (non-hydrogen) atoms. The van der Waals surface area contributed by atoms with E-state index in [1.807, 2.05) is 29.7 Å². The Labute approximate surface area is 138 Å². The second-order valence-corrected chi connectivity index (χ2v) is 5.91. The summed E-state index contributed by atoms with van der Waals surface area (Å²) in [5.74, 6) is -0.527. The fourth-order valence-electron chi connectivity index (χ4n) is 2.44. The summed E-state index contributed by atoms with van der Waals surface area (Å²) < 4.78 is 15.4. The van der Waals surface area contributed by atoms with E-state index < -0.39 is 11.9 Å². The minimum absolute atomic E-state index is 0.0509. The number of halogens is 2. The Balaban J connectivity index is 1.62. The van der Waals surface area contributed by atoms with E-state index in [0.29, 0.717) is 18.7 Å². The first-order valence-electron chi connectivity index (χ1n) is 7.31. The van der Waals surface area contributed by atoms with Gasteiger partial charge < -0.3 is 14.8 Å². The van der Waals surface area contributed by atoms with Crippen LogP contribution in [0.1, 0.15) is 22.9 Å². The molecule has 120 valence electrons. The normalized spacial score (nSPS) is 12.7. The van der Waals surface area contributed by atoms with E-state index in [2.05, 4.69) is 10.3 Å². The zero-order valence-electron chi connectivity index (χ0n) is 12.6. The van der Waals surface area contributed by atoms with Gasteiger partial charge in [-0.3, -0.25) is 0 Å². The Morgan fingerprint density at radius 1 is 1.35 bits per heavy atom. The number of hydrogen-bond donors (Lipinski definition) is 2. The lowest BCUT2D eigenvalue weighted by Crippen LogP contribution is -2.21. The van der Waals surface area contributed by atoms with Crippen molar-refractivity contribution in [3.63, 3.8) is 0 Å². The third-order valence-electron chi connectivity index (χ3n) is 3.72. The second kappa shape index (κ2) is 6.66. The van der Waals surface area contributed by atoms with Crippen molar-refractivity contribution >= 4 is 17.2 Å². The molecule has 2 aromatic heterocycles. The number of aromatic nitrogens is 2. The summed E-state index contributed by atoms with van der Waals surface area (Å²) >= 11 is 5.64. The molecule has 2 heterocycles. The lowest BCUT2D eigenvalue weighted by molar-refractivity contribution is 0.174. The van der Waals surface area contributed by atoms with Crippen molar-refractivity contribution in [3.8, 4) is 0 Å². The van der Waals surface area contributed by atoms with Gasteiger partial charge in [0.1, 0.15) is 11.5 Å². The Kier molecular flexibility index (Phi) is 4.61. The minimum Gasteiger partial charge on any atom is -0.387 e. The van der Waals surface area contributed by atoms with Gasteiger partial charge in [-0.2, -0.15) is 0 Å². The number of nitrogens with zero attached hydrogens (tertiary/aromatic N) is 2. The Morgan fingerprint density at radius 2 is 2.17 bits per heavy atom. The Bertz CT molecular complexity index is 834. The number of aryl methyl sites for hydroxylation is 1. The van der Waals surface area contributed by atoms with E-state index in [0.717, 1.165) is 16.9 Å². The molecule has 1 aromatic carbocycles. The topological polar surface area (TPSA) is 49.6 Å². The minimum atomic E-state index is -0.803. The van der Waals surface area contributed by atoms with E-state index in [4.69, 9.17) is 11.6 Å². The maximum absolute atomic E-state index is 13.4. The lowest BCUT2D eigenvalue weighted by Gasteiger charge is -2.12. The van der Waals surface area contributed by atoms with E-state index >= 15 is 0 Å². The van der Waals surface area contributed by atoms with Crippen molar-refractivity contribution < 1.29 is 9.50 Å². The molecule has 0 bridgehead atoms. The van der Waals surface area contributed by atoms with Crippen molar-refractivity contribution in [1.82, 2.24) is 14.7 Å². The number of benzene rings is 1. The highest BCUT2D eigenvalue weighted by atomic mass is 35.5. The summed E-state index contributed by atoms with van der Waals surface area (Å²) in [7, 11) is 0. The third-order valence-corrected chi connectivity index (χ3v) is 4.02. The lowest BCUT2D eigenvalue weighted by atomic mass is 10.1. The summed E-state index contributed by atoms with van der Waals surface area (Å²) in [5.41, 5.74) is 3.53. The van der Waals surface area contributed by atoms with Crippen LogP contribution < -0.4 is 5.32 Å². The molecular weight excluding hydrogens is 317 g/mol. The summed E-state index contributed by atoms with van der Waals surface area (Å²) in [6.07, 6.45) is 2.97. The Hall–Kier alpha value is -1.95. The van der Waals surface area contributed by atoms with Gasteiger partial charge in [-0.15, -0.1) is 0 Å². The SMILES string of the molecule is Cc1ccn2c(CNCC(O)c3ccc(Cl)c(F)c3)cnc2c1. The second-order valence-electron chi connectivity index (χ2n) is 5.50. The molecule has 0 radical (unpaired) electrons. The quantitative estimate of drug-likeness (QED) is 0.753. The van der Waals surface area contributed by atoms with Gasteiger partial charge in [0.05, 0.1) is 23.0 Å². The molecule has 0 spiro atoms. The first-order chi connectivity index (χ1) is 11.0. The van der Waals surface area contributed by atoms with Gasteiger partial charge in [-0.05, 0) is 42.3 Å². The fraction of sp³-hybridized carbons (Fsp3) is 0.235. The van der Waals surface area contributed by atoms with Crippen LogP contribution in [0.4, 0.5) is 4.39 Å². The molecule has 3 aromatic rings. The molecule has 0 amide bonds. The van der Waals surface area contributed by atoms with Crippen molar-refractivity contribution in [2.75, 3.05) is 6.54 Å². The number of nitrogens with one attached hydrogen (secondary N) is 1. The van der Waals surface area contributed by atoms with Gasteiger partial charge in [0, 0.05) is 19.3 Å². The highest BCUT2D eigenvalue weighted by Gasteiger charge is 2.10. The van der Waals surface area contributed by atoms with Crippen LogP contribution in [-0.2, 0) is 6.54 Å². The smallest absolute Gasteiger partial charge is 0.142 e. The number of pyridine rings is 1. The summed E-state index contributed by atoms with van der Waals surface area (Å²) in [4.78, 5) is 4.35. The molecule has 0 saturated carbocycles. The average Bonchev–Trinajstić information content (AvgIpc) is 2.92. The maximum Gasteiger partial charge on any atom is 0.142 e. The highest BCUT2D eigenvalue weighted by Crippen LogP contribution is 2.20. The molecule has 4 nitrogen and oxygen atoms in total. The number of imidazole rings is 1. The van der Waals surface area contributed by atoms with Crippen molar-refractivity contribution in [2.45, 2.75) is 19.6 Å². The van der Waals surface area contributed by atoms with Crippen LogP contribution in [-0.4, -0.2) is 21.0 Å². The highest BCUT2D eigenvalue weighted by molar-refractivity contribution is 6.30. The zero-order chi connectivity index (χ0) is 16.4. The molecule has 6 heteroatoms. The molecule has 0 fully saturated rings. The van der Waals surface area contributed by atoms with Gasteiger partial charge in [-0.25, -0.2) is 9.37 Å². The number of aliphatic hydroxyl groups excluding tert-OH is 1. The standard InChI is InChI=1S/C17H17ClFN3O/c1-11-4-5-22-13(9-21-17(22)6-11)8-20-10-16(23)12-2-3-14(18)15(19)7-12/h2-7,9,16,20,23H,8,10H2,1H3. The average molecular weight is 334 g/mol. The van der Waals surface area contributed by atoms with E-state index in [1.165, 1.54) is 12.1 Å². The summed E-state index contributed by atoms with van der Waals surface area (Å²) in [6, 6.07) is 8.35. The van der Waals surface area contributed by atoms with Gasteiger partial charge in [0.15, 0.2) is 0 Å². The van der Waals surface area contributed by atoms with Crippen LogP contribution in [0.2, 0.25) is 5.02 Å². The van der Waals surface area contributed by atoms with Gasteiger partial charge >= 0.3 is 0 Å². The third kappa shape index (κ3) is 3.52. The van der Waals surface area contributed by atoms with E-state index in [9.17, 15) is 9.50 Å². The number of fused-ring (bicyclic) bond motifs is 1. The molecule has 0 saturated heterocycles. The zero-order valence-corrected chi connectivity index (χ0v) is 13.4. The fourth-order valence-corrected chi connectivity index (χ4v) is 2.56. The van der Waals surface area contributed by atoms with E-state index in [-0.39, 0.29) is 5.02 Å². The molecule has 1 unspecified atom stereocenters. The predicted molar refractivity (Wildman–Crippen MR) is 88.0 cm³/mol. The molecule has 3 rings (SSSR count). The largest absolute Gasteiger partial charge is 0.387 e. The Morgan fingerprint density at radius 3 is 2.96 bits per heavy atom. The van der Waals surface area contributed by atoms with Crippen LogP contribution >= 0.6 is 11.6 Å². The van der Waals surface area contributed by atoms with Crippen LogP contribution in [0.25, 0.3) is 5.65 Å². The van der Waals surface area contributed by atoms with Gasteiger partial charge in [0.25, 0.3) is 0 Å². The molecule has 0 aliphatic carbocycles. The number of aliphatic hydroxyl groups is 1. The first kappa shape index (κ1) is 15.9. The molecule has 0 aliphatic rings. The van der Waals surface area contributed by atoms with Crippen LogP contribution in [0.3, 0.4) is 0 Å². The van der Waals surface area contributed by atoms with Crippen LogP contribution in [0.15, 0.2) is 42.7 Å². The van der Waals surface area contributed by atoms with Gasteiger partial charge in [0.2, 0.25) is 0 Å². The number of hydrogen-bond acceptors (Lipinski definition) is 3.